The van der Waals surface area contributed by atoms with Crippen molar-refractivity contribution in [2.24, 2.45) is 5.73 Å². The largest absolute Gasteiger partial charge is 0.337 e. The van der Waals surface area contributed by atoms with Gasteiger partial charge >= 0.3 is 0 Å². The number of pyridine rings is 1. The van der Waals surface area contributed by atoms with Crippen LogP contribution in [-0.2, 0) is 0 Å². The number of likely N-dealkylation sites (tertiary alicyclic amines) is 1. The van der Waals surface area contributed by atoms with Crippen molar-refractivity contribution in [2.75, 3.05) is 18.4 Å². The van der Waals surface area contributed by atoms with Gasteiger partial charge in [0.25, 0.3) is 5.91 Å². The van der Waals surface area contributed by atoms with Gasteiger partial charge in [-0.05, 0) is 43.2 Å². The predicted molar refractivity (Wildman–Crippen MR) is 105 cm³/mol. The summed E-state index contributed by atoms with van der Waals surface area (Å²) in [6.45, 7) is 1.32. The van der Waals surface area contributed by atoms with Gasteiger partial charge in [0, 0.05) is 30.9 Å². The maximum absolute atomic E-state index is 12.7. The number of anilines is 2. The highest BCUT2D eigenvalue weighted by Crippen LogP contribution is 2.28. The molecule has 0 bridgehead atoms. The molecule has 7 nitrogen and oxygen atoms in total. The highest BCUT2D eigenvalue weighted by molar-refractivity contribution is 7.22. The molecular weight excluding hydrogens is 360 g/mol. The second-order valence-corrected chi connectivity index (χ2v) is 7.55. The van der Waals surface area contributed by atoms with Crippen LogP contribution in [0.1, 0.15) is 28.8 Å². The van der Waals surface area contributed by atoms with Crippen LogP contribution in [0.2, 0.25) is 0 Å². The topological polar surface area (TPSA) is 108 Å². The fraction of sp³-hybridized carbons (Fsp3) is 0.263. The highest BCUT2D eigenvalue weighted by Gasteiger charge is 2.22. The molecule has 0 saturated carbocycles. The Hall–Kier alpha value is -3.02. The standard InChI is InChI=1S/C19H18N6OS/c20-10-12-3-4-15-16(8-12)27-19(23-15)24-17-9-13(5-6-22-17)18(26)25-7-1-2-14(21)11-25/h3-6,8-9,14H,1-2,7,11,21H2,(H,22,23,24). The number of rotatable bonds is 3. The van der Waals surface area contributed by atoms with E-state index in [0.717, 1.165) is 29.6 Å². The molecule has 3 heterocycles. The number of aromatic nitrogens is 2. The van der Waals surface area contributed by atoms with Crippen molar-refractivity contribution in [1.82, 2.24) is 14.9 Å². The van der Waals surface area contributed by atoms with Gasteiger partial charge in [-0.1, -0.05) is 11.3 Å². The lowest BCUT2D eigenvalue weighted by Crippen LogP contribution is -2.45. The number of hydrogen-bond acceptors (Lipinski definition) is 7. The molecule has 1 aliphatic heterocycles. The van der Waals surface area contributed by atoms with E-state index in [1.807, 2.05) is 12.1 Å². The van der Waals surface area contributed by atoms with Crippen molar-refractivity contribution in [1.29, 1.82) is 5.26 Å². The number of carbonyl (C=O) groups is 1. The monoisotopic (exact) mass is 378 g/mol. The maximum Gasteiger partial charge on any atom is 0.254 e. The normalized spacial score (nSPS) is 16.9. The molecule has 1 saturated heterocycles. The lowest BCUT2D eigenvalue weighted by molar-refractivity contribution is 0.0709. The Bertz CT molecular complexity index is 1040. The molecule has 1 amide bonds. The minimum atomic E-state index is -0.0291. The number of nitrogens with two attached hydrogens (primary N) is 1. The summed E-state index contributed by atoms with van der Waals surface area (Å²) in [7, 11) is 0. The summed E-state index contributed by atoms with van der Waals surface area (Å²) in [4.78, 5) is 23.3. The van der Waals surface area contributed by atoms with E-state index in [9.17, 15) is 4.79 Å². The molecule has 1 unspecified atom stereocenters. The van der Waals surface area contributed by atoms with E-state index in [1.165, 1.54) is 11.3 Å². The second-order valence-electron chi connectivity index (χ2n) is 6.52. The van der Waals surface area contributed by atoms with E-state index in [4.69, 9.17) is 11.0 Å². The number of fused-ring (bicyclic) bond motifs is 1. The molecule has 0 radical (unpaired) electrons. The van der Waals surface area contributed by atoms with Gasteiger partial charge in [-0.25, -0.2) is 9.97 Å². The molecule has 2 aromatic heterocycles. The van der Waals surface area contributed by atoms with Gasteiger partial charge in [0.15, 0.2) is 5.13 Å². The number of hydrogen-bond donors (Lipinski definition) is 2. The highest BCUT2D eigenvalue weighted by atomic mass is 32.1. The van der Waals surface area contributed by atoms with Gasteiger partial charge in [0.2, 0.25) is 0 Å². The second kappa shape index (κ2) is 7.31. The maximum atomic E-state index is 12.7. The van der Waals surface area contributed by atoms with Crippen LogP contribution >= 0.6 is 11.3 Å². The van der Waals surface area contributed by atoms with Crippen LogP contribution in [-0.4, -0.2) is 39.9 Å². The van der Waals surface area contributed by atoms with Crippen LogP contribution in [0.15, 0.2) is 36.5 Å². The van der Waals surface area contributed by atoms with E-state index < -0.39 is 0 Å². The van der Waals surface area contributed by atoms with Crippen LogP contribution in [0.25, 0.3) is 10.2 Å². The third-order valence-corrected chi connectivity index (χ3v) is 5.44. The van der Waals surface area contributed by atoms with Crippen molar-refractivity contribution >= 4 is 38.4 Å². The number of nitrogens with one attached hydrogen (secondary N) is 1. The van der Waals surface area contributed by atoms with Gasteiger partial charge in [-0.3, -0.25) is 4.79 Å². The van der Waals surface area contributed by atoms with Gasteiger partial charge in [-0.2, -0.15) is 5.26 Å². The number of carbonyl (C=O) groups excluding carboxylic acids is 1. The Kier molecular flexibility index (Phi) is 4.71. The summed E-state index contributed by atoms with van der Waals surface area (Å²) < 4.78 is 0.922. The van der Waals surface area contributed by atoms with Crippen molar-refractivity contribution in [3.05, 3.63) is 47.7 Å². The fourth-order valence-corrected chi connectivity index (χ4v) is 4.08. The zero-order valence-corrected chi connectivity index (χ0v) is 15.4. The number of amides is 1. The van der Waals surface area contributed by atoms with E-state index >= 15 is 0 Å². The Morgan fingerprint density at radius 3 is 3.07 bits per heavy atom. The first kappa shape index (κ1) is 17.4. The molecule has 3 aromatic rings. The SMILES string of the molecule is N#Cc1ccc2nc(Nc3cc(C(=O)N4CCCC(N)C4)ccn3)sc2c1. The quantitative estimate of drug-likeness (QED) is 0.725. The van der Waals surface area contributed by atoms with Gasteiger partial charge < -0.3 is 16.0 Å². The average molecular weight is 378 g/mol. The third kappa shape index (κ3) is 3.74. The average Bonchev–Trinajstić information content (AvgIpc) is 3.08. The van der Waals surface area contributed by atoms with Crippen LogP contribution < -0.4 is 11.1 Å². The molecule has 1 atom stereocenters. The zero-order chi connectivity index (χ0) is 18.8. The molecule has 27 heavy (non-hydrogen) atoms. The van der Waals surface area contributed by atoms with Crippen molar-refractivity contribution in [3.8, 4) is 6.07 Å². The zero-order valence-electron chi connectivity index (χ0n) is 14.6. The molecule has 4 rings (SSSR count). The summed E-state index contributed by atoms with van der Waals surface area (Å²) in [5.41, 5.74) is 7.98. The van der Waals surface area contributed by atoms with Gasteiger partial charge in [0.05, 0.1) is 21.8 Å². The lowest BCUT2D eigenvalue weighted by Gasteiger charge is -2.30. The first-order valence-corrected chi connectivity index (χ1v) is 9.52. The summed E-state index contributed by atoms with van der Waals surface area (Å²) >= 11 is 1.44. The van der Waals surface area contributed by atoms with Crippen LogP contribution in [0.5, 0.6) is 0 Å². The van der Waals surface area contributed by atoms with Gasteiger partial charge in [-0.15, -0.1) is 0 Å². The summed E-state index contributed by atoms with van der Waals surface area (Å²) in [5.74, 6) is 0.528. The molecule has 136 valence electrons. The minimum absolute atomic E-state index is 0.0291. The molecule has 3 N–H and O–H groups in total. The summed E-state index contributed by atoms with van der Waals surface area (Å²) in [5, 5.41) is 12.8. The van der Waals surface area contributed by atoms with Crippen LogP contribution in [0.4, 0.5) is 10.9 Å². The molecule has 0 spiro atoms. The smallest absolute Gasteiger partial charge is 0.254 e. The van der Waals surface area contributed by atoms with Crippen molar-refractivity contribution < 1.29 is 4.79 Å². The van der Waals surface area contributed by atoms with E-state index in [2.05, 4.69) is 21.4 Å². The van der Waals surface area contributed by atoms with E-state index in [0.29, 0.717) is 28.6 Å². The first-order chi connectivity index (χ1) is 13.1. The fourth-order valence-electron chi connectivity index (χ4n) is 3.17. The number of nitrogens with zero attached hydrogens (tertiary/aromatic N) is 4. The van der Waals surface area contributed by atoms with Gasteiger partial charge in [0.1, 0.15) is 5.82 Å². The Morgan fingerprint density at radius 1 is 1.37 bits per heavy atom. The lowest BCUT2D eigenvalue weighted by atomic mass is 10.1. The first-order valence-electron chi connectivity index (χ1n) is 8.71. The van der Waals surface area contributed by atoms with E-state index in [1.54, 1.807) is 29.3 Å². The van der Waals surface area contributed by atoms with Crippen molar-refractivity contribution in [2.45, 2.75) is 18.9 Å². The van der Waals surface area contributed by atoms with Crippen LogP contribution in [0, 0.1) is 11.3 Å². The Morgan fingerprint density at radius 2 is 2.26 bits per heavy atom. The molecule has 1 aromatic carbocycles. The number of nitriles is 1. The van der Waals surface area contributed by atoms with Crippen molar-refractivity contribution in [3.63, 3.8) is 0 Å². The number of thiazole rings is 1. The number of piperidine rings is 1. The molecule has 1 aliphatic rings. The number of benzene rings is 1. The third-order valence-electron chi connectivity index (χ3n) is 4.50. The predicted octanol–water partition coefficient (Wildman–Crippen LogP) is 2.87. The summed E-state index contributed by atoms with van der Waals surface area (Å²) in [6, 6.07) is 11.0. The molecule has 8 heteroatoms. The molecular formula is C19H18N6OS. The Labute approximate surface area is 160 Å². The molecule has 1 fully saturated rings. The Balaban J connectivity index is 1.54. The minimum Gasteiger partial charge on any atom is -0.337 e. The van der Waals surface area contributed by atoms with E-state index in [-0.39, 0.29) is 11.9 Å². The summed E-state index contributed by atoms with van der Waals surface area (Å²) in [6.07, 6.45) is 3.50. The molecule has 0 aliphatic carbocycles. The van der Waals surface area contributed by atoms with Crippen LogP contribution in [0.3, 0.4) is 0 Å².